The number of rotatable bonds is 5. The molecule has 0 fully saturated rings. The molecule has 0 atom stereocenters. The highest BCUT2D eigenvalue weighted by atomic mass is 35.5. The second-order valence-electron chi connectivity index (χ2n) is 3.61. The topological polar surface area (TPSA) is 3.24 Å². The van der Waals surface area contributed by atoms with E-state index in [1.165, 1.54) is 6.08 Å². The zero-order valence-corrected chi connectivity index (χ0v) is 10.7. The van der Waals surface area contributed by atoms with Gasteiger partial charge in [-0.1, -0.05) is 30.3 Å². The van der Waals surface area contributed by atoms with Gasteiger partial charge in [0.25, 0.3) is 0 Å². The largest absolute Gasteiger partial charge is 0.369 e. The fraction of sp³-hybridized carbons (Fsp3) is 0.385. The van der Waals surface area contributed by atoms with Gasteiger partial charge in [-0.25, -0.2) is 0 Å². The minimum absolute atomic E-state index is 0.157. The van der Waals surface area contributed by atoms with Crippen LogP contribution in [0.4, 0.5) is 8.78 Å². The summed E-state index contributed by atoms with van der Waals surface area (Å²) < 4.78 is 26.7. The van der Waals surface area contributed by atoms with E-state index in [1.807, 2.05) is 19.9 Å². The number of halogens is 3. The lowest BCUT2D eigenvalue weighted by Gasteiger charge is -2.27. The van der Waals surface area contributed by atoms with Crippen LogP contribution in [0.5, 0.6) is 0 Å². The lowest BCUT2D eigenvalue weighted by atomic mass is 10.2. The molecule has 1 rings (SSSR count). The van der Waals surface area contributed by atoms with E-state index < -0.39 is 5.38 Å². The molecule has 0 radical (unpaired) electrons. The van der Waals surface area contributed by atoms with Crippen molar-refractivity contribution in [3.63, 3.8) is 0 Å². The second-order valence-corrected chi connectivity index (χ2v) is 4.09. The van der Waals surface area contributed by atoms with E-state index in [1.54, 1.807) is 29.2 Å². The number of benzene rings is 1. The van der Waals surface area contributed by atoms with Crippen molar-refractivity contribution in [2.45, 2.75) is 19.2 Å². The third-order valence-electron chi connectivity index (χ3n) is 2.50. The molecule has 17 heavy (non-hydrogen) atoms. The van der Waals surface area contributed by atoms with E-state index in [-0.39, 0.29) is 5.70 Å². The van der Waals surface area contributed by atoms with Crippen molar-refractivity contribution in [3.05, 3.63) is 41.6 Å². The molecule has 0 N–H and O–H groups in total. The van der Waals surface area contributed by atoms with Crippen molar-refractivity contribution in [1.29, 1.82) is 0 Å². The lowest BCUT2D eigenvalue weighted by molar-refractivity contribution is 0.100. The van der Waals surface area contributed by atoms with E-state index in [2.05, 4.69) is 0 Å². The molecular weight excluding hydrogens is 244 g/mol. The standard InChI is InChI=1S/C13H16ClF2N/c1-3-17(4-2)12(13(14,15)16)10-11-8-6-5-7-9-11/h5-10H,3-4H2,1-2H3/b12-10-. The molecule has 1 nitrogen and oxygen atoms in total. The molecule has 0 aliphatic carbocycles. The monoisotopic (exact) mass is 259 g/mol. The average molecular weight is 260 g/mol. The van der Waals surface area contributed by atoms with E-state index in [0.717, 1.165) is 5.56 Å². The Kier molecular flexibility index (Phi) is 4.94. The zero-order chi connectivity index (χ0) is 12.9. The Labute approximate surface area is 106 Å². The van der Waals surface area contributed by atoms with E-state index in [4.69, 9.17) is 11.6 Å². The maximum absolute atomic E-state index is 13.4. The van der Waals surface area contributed by atoms with Crippen molar-refractivity contribution in [3.8, 4) is 0 Å². The predicted octanol–water partition coefficient (Wildman–Crippen LogP) is 4.20. The van der Waals surface area contributed by atoms with Crippen molar-refractivity contribution in [2.24, 2.45) is 0 Å². The Morgan fingerprint density at radius 3 is 2.18 bits per heavy atom. The van der Waals surface area contributed by atoms with Crippen LogP contribution in [0.1, 0.15) is 19.4 Å². The SMILES string of the molecule is CCN(CC)/C(=C\c1ccccc1)C(F)(F)Cl. The average Bonchev–Trinajstić information content (AvgIpc) is 2.29. The van der Waals surface area contributed by atoms with Crippen LogP contribution in [0.2, 0.25) is 0 Å². The molecule has 0 spiro atoms. The van der Waals surface area contributed by atoms with Crippen LogP contribution in [0.25, 0.3) is 6.08 Å². The first-order valence-corrected chi connectivity index (χ1v) is 5.95. The van der Waals surface area contributed by atoms with E-state index in [0.29, 0.717) is 13.1 Å². The van der Waals surface area contributed by atoms with Crippen LogP contribution >= 0.6 is 11.6 Å². The van der Waals surface area contributed by atoms with E-state index >= 15 is 0 Å². The number of hydrogen-bond acceptors (Lipinski definition) is 1. The Balaban J connectivity index is 3.11. The van der Waals surface area contributed by atoms with Gasteiger partial charge < -0.3 is 4.90 Å². The van der Waals surface area contributed by atoms with Crippen LogP contribution in [-0.4, -0.2) is 23.4 Å². The third kappa shape index (κ3) is 4.00. The Bertz CT molecular complexity index is 367. The highest BCUT2D eigenvalue weighted by Crippen LogP contribution is 2.32. The first kappa shape index (κ1) is 14.0. The van der Waals surface area contributed by atoms with Gasteiger partial charge in [-0.15, -0.1) is 0 Å². The van der Waals surface area contributed by atoms with Gasteiger partial charge in [0, 0.05) is 13.1 Å². The van der Waals surface area contributed by atoms with E-state index in [9.17, 15) is 8.78 Å². The normalized spacial score (nSPS) is 12.6. The molecule has 0 amide bonds. The predicted molar refractivity (Wildman–Crippen MR) is 68.1 cm³/mol. The first-order chi connectivity index (χ1) is 7.99. The quantitative estimate of drug-likeness (QED) is 0.717. The van der Waals surface area contributed by atoms with Crippen LogP contribution in [-0.2, 0) is 0 Å². The van der Waals surface area contributed by atoms with Gasteiger partial charge in [0.15, 0.2) is 0 Å². The van der Waals surface area contributed by atoms with Gasteiger partial charge in [0.1, 0.15) is 5.70 Å². The summed E-state index contributed by atoms with van der Waals surface area (Å²) in [4.78, 5) is 1.56. The molecule has 0 heterocycles. The third-order valence-corrected chi connectivity index (χ3v) is 2.69. The minimum atomic E-state index is -3.35. The van der Waals surface area contributed by atoms with Gasteiger partial charge >= 0.3 is 5.38 Å². The fourth-order valence-electron chi connectivity index (χ4n) is 1.62. The summed E-state index contributed by atoms with van der Waals surface area (Å²) >= 11 is 5.16. The molecule has 0 aromatic heterocycles. The molecule has 0 saturated carbocycles. The van der Waals surface area contributed by atoms with Gasteiger partial charge in [-0.05, 0) is 37.1 Å². The number of allylic oxidation sites excluding steroid dienone is 1. The Hall–Kier alpha value is -1.09. The molecule has 1 aromatic rings. The summed E-state index contributed by atoms with van der Waals surface area (Å²) in [6, 6.07) is 8.99. The summed E-state index contributed by atoms with van der Waals surface area (Å²) in [6.45, 7) is 4.64. The molecular formula is C13H16ClF2N. The lowest BCUT2D eigenvalue weighted by Crippen LogP contribution is -2.30. The smallest absolute Gasteiger partial charge is 0.362 e. The minimum Gasteiger partial charge on any atom is -0.369 e. The zero-order valence-electron chi connectivity index (χ0n) is 9.96. The fourth-order valence-corrected chi connectivity index (χ4v) is 1.80. The molecule has 0 bridgehead atoms. The van der Waals surface area contributed by atoms with Crippen molar-refractivity contribution >= 4 is 17.7 Å². The van der Waals surface area contributed by atoms with Gasteiger partial charge in [0.05, 0.1) is 0 Å². The molecule has 0 unspecified atom stereocenters. The maximum atomic E-state index is 13.4. The maximum Gasteiger partial charge on any atom is 0.362 e. The Morgan fingerprint density at radius 2 is 1.76 bits per heavy atom. The van der Waals surface area contributed by atoms with Gasteiger partial charge in [0.2, 0.25) is 0 Å². The van der Waals surface area contributed by atoms with Crippen molar-refractivity contribution in [1.82, 2.24) is 4.90 Å². The molecule has 0 saturated heterocycles. The molecule has 1 aromatic carbocycles. The Morgan fingerprint density at radius 1 is 1.24 bits per heavy atom. The van der Waals surface area contributed by atoms with Crippen molar-refractivity contribution in [2.75, 3.05) is 13.1 Å². The highest BCUT2D eigenvalue weighted by Gasteiger charge is 2.33. The number of hydrogen-bond donors (Lipinski definition) is 0. The second kappa shape index (κ2) is 6.01. The number of alkyl halides is 3. The number of nitrogens with zero attached hydrogens (tertiary/aromatic N) is 1. The van der Waals surface area contributed by atoms with Crippen LogP contribution in [0, 0.1) is 0 Å². The molecule has 94 valence electrons. The summed E-state index contributed by atoms with van der Waals surface area (Å²) in [5.74, 6) is 0. The van der Waals surface area contributed by atoms with Crippen molar-refractivity contribution < 1.29 is 8.78 Å². The van der Waals surface area contributed by atoms with Gasteiger partial charge in [-0.3, -0.25) is 0 Å². The summed E-state index contributed by atoms with van der Waals surface area (Å²) in [5.41, 5.74) is 0.560. The molecule has 4 heteroatoms. The van der Waals surface area contributed by atoms with Crippen LogP contribution in [0.15, 0.2) is 36.0 Å². The molecule has 0 aliphatic heterocycles. The summed E-state index contributed by atoms with van der Waals surface area (Å²) in [5, 5.41) is -3.35. The van der Waals surface area contributed by atoms with Crippen LogP contribution < -0.4 is 0 Å². The van der Waals surface area contributed by atoms with Crippen LogP contribution in [0.3, 0.4) is 0 Å². The highest BCUT2D eigenvalue weighted by molar-refractivity contribution is 6.23. The first-order valence-electron chi connectivity index (χ1n) is 5.58. The molecule has 0 aliphatic rings. The van der Waals surface area contributed by atoms with Gasteiger partial charge in [-0.2, -0.15) is 8.78 Å². The summed E-state index contributed by atoms with van der Waals surface area (Å²) in [6.07, 6.45) is 1.43. The summed E-state index contributed by atoms with van der Waals surface area (Å²) in [7, 11) is 0.